The second-order valence-electron chi connectivity index (χ2n) is 9.85. The molecular weight excluding hydrogens is 480 g/mol. The third-order valence-electron chi connectivity index (χ3n) is 7.59. The van der Waals surface area contributed by atoms with Crippen LogP contribution in [-0.2, 0) is 19.1 Å². The fourth-order valence-corrected chi connectivity index (χ4v) is 5.63. The van der Waals surface area contributed by atoms with Gasteiger partial charge in [0.2, 0.25) is 11.6 Å². The fourth-order valence-electron chi connectivity index (χ4n) is 5.63. The maximum Gasteiger partial charge on any atom is 0.216 e. The largest absolute Gasteiger partial charge is 0.511 e. The summed E-state index contributed by atoms with van der Waals surface area (Å²) in [7, 11) is 0. The van der Waals surface area contributed by atoms with E-state index in [0.29, 0.717) is 0 Å². The SMILES string of the molecule is C/C=C/C=C/C(=O)C1=C(O)C2(C)[C@@H]3C(C(=O)/C=C/C=C/C)=C(O)C(C)=C(O)[C@@]3(C)OC2(O)[C@@](C)(O)C1=O. The molecule has 1 heterocycles. The molecule has 0 saturated carbocycles. The highest BCUT2D eigenvalue weighted by atomic mass is 16.7. The van der Waals surface area contributed by atoms with Gasteiger partial charge in [0, 0.05) is 17.1 Å². The van der Waals surface area contributed by atoms with E-state index in [1.54, 1.807) is 32.1 Å². The van der Waals surface area contributed by atoms with Gasteiger partial charge in [0.15, 0.2) is 17.2 Å². The molecule has 0 bridgehead atoms. The first-order valence-electron chi connectivity index (χ1n) is 11.7. The third kappa shape index (κ3) is 3.53. The summed E-state index contributed by atoms with van der Waals surface area (Å²) in [4.78, 5) is 39.7. The molecule has 1 saturated heterocycles. The van der Waals surface area contributed by atoms with Gasteiger partial charge in [0.05, 0.1) is 5.41 Å². The van der Waals surface area contributed by atoms with Crippen LogP contribution >= 0.6 is 0 Å². The van der Waals surface area contributed by atoms with Crippen molar-refractivity contribution in [1.29, 1.82) is 0 Å². The molecule has 2 aliphatic carbocycles. The van der Waals surface area contributed by atoms with Gasteiger partial charge in [0.25, 0.3) is 0 Å². The lowest BCUT2D eigenvalue weighted by Crippen LogP contribution is -2.69. The molecular formula is C28H32O9. The van der Waals surface area contributed by atoms with Gasteiger partial charge < -0.3 is 30.3 Å². The Bertz CT molecular complexity index is 1290. The molecule has 1 aliphatic heterocycles. The summed E-state index contributed by atoms with van der Waals surface area (Å²) in [5, 5.41) is 56.8. The van der Waals surface area contributed by atoms with Crippen molar-refractivity contribution in [2.75, 3.05) is 0 Å². The maximum absolute atomic E-state index is 13.4. The summed E-state index contributed by atoms with van der Waals surface area (Å²) in [6, 6.07) is 0. The Hall–Kier alpha value is -3.53. The standard InChI is InChI=1S/C28H32O9/c1-7-9-11-13-16(29)18-20(31)15(3)22(32)26(5)21(18)25(4)23(33)19(17(30)14-12-10-8-2)24(34)27(6,35)28(25,36)37-26/h7-14,21,31-33,35-36H,1-6H3/b9-7+,10-8+,13-11+,14-12+/t21-,25?,26-,27-,28?/m0/s1. The topological polar surface area (TPSA) is 162 Å². The quantitative estimate of drug-likeness (QED) is 0.204. The van der Waals surface area contributed by atoms with E-state index in [9.17, 15) is 39.9 Å². The van der Waals surface area contributed by atoms with Gasteiger partial charge in [-0.05, 0) is 53.7 Å². The number of ketones is 3. The molecule has 9 nitrogen and oxygen atoms in total. The van der Waals surface area contributed by atoms with Crippen molar-refractivity contribution in [2.45, 2.75) is 58.5 Å². The van der Waals surface area contributed by atoms with Gasteiger partial charge in [-0.2, -0.15) is 0 Å². The summed E-state index contributed by atoms with van der Waals surface area (Å²) in [6.07, 6.45) is 11.2. The van der Waals surface area contributed by atoms with E-state index in [1.165, 1.54) is 39.0 Å². The zero-order valence-corrected chi connectivity index (χ0v) is 21.6. The van der Waals surface area contributed by atoms with Crippen LogP contribution in [-0.4, -0.2) is 59.9 Å². The molecule has 0 aromatic rings. The average Bonchev–Trinajstić information content (AvgIpc) is 3.03. The van der Waals surface area contributed by atoms with Crippen molar-refractivity contribution in [3.8, 4) is 0 Å². The summed E-state index contributed by atoms with van der Waals surface area (Å²) in [5.74, 6) is -9.63. The van der Waals surface area contributed by atoms with Crippen LogP contribution in [0.3, 0.4) is 0 Å². The van der Waals surface area contributed by atoms with E-state index in [0.717, 1.165) is 19.1 Å². The summed E-state index contributed by atoms with van der Waals surface area (Å²) < 4.78 is 5.87. The smallest absolute Gasteiger partial charge is 0.216 e. The predicted octanol–water partition coefficient (Wildman–Crippen LogP) is 3.29. The molecule has 1 fully saturated rings. The minimum atomic E-state index is -2.94. The number of fused-ring (bicyclic) bond motifs is 3. The van der Waals surface area contributed by atoms with Gasteiger partial charge in [-0.3, -0.25) is 14.4 Å². The van der Waals surface area contributed by atoms with Crippen molar-refractivity contribution in [3.05, 3.63) is 82.6 Å². The van der Waals surface area contributed by atoms with Gasteiger partial charge >= 0.3 is 0 Å². The lowest BCUT2D eigenvalue weighted by Gasteiger charge is -2.50. The molecule has 0 spiro atoms. The van der Waals surface area contributed by atoms with Crippen molar-refractivity contribution >= 4 is 17.3 Å². The first-order valence-corrected chi connectivity index (χ1v) is 11.7. The van der Waals surface area contributed by atoms with Crippen LogP contribution in [0.4, 0.5) is 0 Å². The lowest BCUT2D eigenvalue weighted by molar-refractivity contribution is -0.319. The molecule has 0 radical (unpaired) electrons. The average molecular weight is 513 g/mol. The van der Waals surface area contributed by atoms with E-state index >= 15 is 0 Å². The molecule has 198 valence electrons. The summed E-state index contributed by atoms with van der Waals surface area (Å²) in [5.41, 5.74) is -8.37. The first kappa shape index (κ1) is 28.0. The van der Waals surface area contributed by atoms with Crippen LogP contribution in [0.25, 0.3) is 0 Å². The Morgan fingerprint density at radius 1 is 0.865 bits per heavy atom. The Morgan fingerprint density at radius 2 is 1.38 bits per heavy atom. The Kier molecular flexibility index (Phi) is 6.89. The number of rotatable bonds is 6. The van der Waals surface area contributed by atoms with Crippen LogP contribution < -0.4 is 0 Å². The number of carbonyl (C=O) groups is 3. The zero-order valence-electron chi connectivity index (χ0n) is 21.6. The number of aliphatic hydroxyl groups excluding tert-OH is 3. The van der Waals surface area contributed by atoms with Gasteiger partial charge in [-0.25, -0.2) is 0 Å². The monoisotopic (exact) mass is 512 g/mol. The number of ether oxygens (including phenoxy) is 1. The fraction of sp³-hybridized carbons (Fsp3) is 0.393. The Morgan fingerprint density at radius 3 is 1.89 bits per heavy atom. The highest BCUT2D eigenvalue weighted by Gasteiger charge is 2.81. The van der Waals surface area contributed by atoms with Crippen molar-refractivity contribution in [2.24, 2.45) is 11.3 Å². The number of allylic oxidation sites excluding steroid dienone is 9. The first-order chi connectivity index (χ1) is 17.1. The molecule has 9 heteroatoms. The van der Waals surface area contributed by atoms with Crippen LogP contribution in [0.5, 0.6) is 0 Å². The Labute approximate surface area is 214 Å². The molecule has 5 atom stereocenters. The zero-order chi connectivity index (χ0) is 28.1. The molecule has 0 aromatic carbocycles. The Balaban J connectivity index is 2.43. The molecule has 2 unspecified atom stereocenters. The predicted molar refractivity (Wildman–Crippen MR) is 134 cm³/mol. The summed E-state index contributed by atoms with van der Waals surface area (Å²) >= 11 is 0. The summed E-state index contributed by atoms with van der Waals surface area (Å²) in [6.45, 7) is 8.18. The molecule has 5 N–H and O–H groups in total. The van der Waals surface area contributed by atoms with E-state index in [-0.39, 0.29) is 11.1 Å². The van der Waals surface area contributed by atoms with Crippen LogP contribution in [0.1, 0.15) is 41.5 Å². The number of carbonyl (C=O) groups excluding carboxylic acids is 3. The second kappa shape index (κ2) is 9.09. The van der Waals surface area contributed by atoms with Crippen molar-refractivity contribution in [3.63, 3.8) is 0 Å². The maximum atomic E-state index is 13.4. The van der Waals surface area contributed by atoms with E-state index < -0.39 is 68.5 Å². The van der Waals surface area contributed by atoms with Crippen LogP contribution in [0.2, 0.25) is 0 Å². The van der Waals surface area contributed by atoms with E-state index in [4.69, 9.17) is 4.74 Å². The van der Waals surface area contributed by atoms with E-state index in [1.807, 2.05) is 0 Å². The van der Waals surface area contributed by atoms with Gasteiger partial charge in [-0.15, -0.1) is 0 Å². The number of aliphatic hydroxyl groups is 5. The van der Waals surface area contributed by atoms with Gasteiger partial charge in [0.1, 0.15) is 28.5 Å². The molecule has 0 aromatic heterocycles. The molecule has 37 heavy (non-hydrogen) atoms. The van der Waals surface area contributed by atoms with Crippen molar-refractivity contribution in [1.82, 2.24) is 0 Å². The number of hydrogen-bond donors (Lipinski definition) is 5. The van der Waals surface area contributed by atoms with Crippen LogP contribution in [0.15, 0.2) is 82.6 Å². The highest BCUT2D eigenvalue weighted by molar-refractivity contribution is 6.27. The van der Waals surface area contributed by atoms with E-state index in [2.05, 4.69) is 0 Å². The third-order valence-corrected chi connectivity index (χ3v) is 7.59. The molecule has 0 amide bonds. The second-order valence-corrected chi connectivity index (χ2v) is 9.85. The van der Waals surface area contributed by atoms with Crippen molar-refractivity contribution < 1.29 is 44.7 Å². The van der Waals surface area contributed by atoms with Crippen LogP contribution in [0, 0.1) is 11.3 Å². The minimum absolute atomic E-state index is 0.132. The molecule has 3 rings (SSSR count). The number of hydrogen-bond acceptors (Lipinski definition) is 9. The van der Waals surface area contributed by atoms with Gasteiger partial charge in [-0.1, -0.05) is 36.5 Å². The lowest BCUT2D eigenvalue weighted by atomic mass is 9.54. The minimum Gasteiger partial charge on any atom is -0.511 e. The normalized spacial score (nSPS) is 36.5. The molecule has 3 aliphatic rings. The number of Topliss-reactive ketones (excluding diaryl/α,β-unsaturated/α-hetero) is 1. The highest BCUT2D eigenvalue weighted by Crippen LogP contribution is 2.68.